The summed E-state index contributed by atoms with van der Waals surface area (Å²) in [7, 11) is -3.38. The molecule has 0 radical (unpaired) electrons. The molecule has 0 atom stereocenters. The van der Waals surface area contributed by atoms with Gasteiger partial charge < -0.3 is 0 Å². The highest BCUT2D eigenvalue weighted by molar-refractivity contribution is 7.91. The Hall–Kier alpha value is -1.23. The van der Waals surface area contributed by atoms with E-state index in [-0.39, 0.29) is 28.4 Å². The molecular weight excluding hydrogens is 207 g/mol. The zero-order chi connectivity index (χ0) is 10.3. The lowest BCUT2D eigenvalue weighted by atomic mass is 10.1. The third-order valence-corrected chi connectivity index (χ3v) is 3.94. The number of carbonyl (C=O) groups excluding carboxylic acids is 1. The number of carbonyl (C=O) groups is 1. The van der Waals surface area contributed by atoms with Gasteiger partial charge >= 0.3 is 0 Å². The summed E-state index contributed by atoms with van der Waals surface area (Å²) in [5.41, 5.74) is -0.0174. The topological polar surface area (TPSA) is 51.2 Å². The molecule has 5 heteroatoms. The molecule has 3 nitrogen and oxygen atoms in total. The number of ketones is 1. The minimum atomic E-state index is -3.38. The minimum Gasteiger partial charge on any atom is -0.294 e. The molecule has 0 unspecified atom stereocenters. The number of hydrogen-bond donors (Lipinski definition) is 0. The van der Waals surface area contributed by atoms with Crippen LogP contribution in [0.2, 0.25) is 0 Å². The Balaban J connectivity index is 2.76. The first kappa shape index (κ1) is 9.33. The smallest absolute Gasteiger partial charge is 0.179 e. The van der Waals surface area contributed by atoms with Crippen LogP contribution in [0.1, 0.15) is 16.8 Å². The van der Waals surface area contributed by atoms with Gasteiger partial charge in [-0.05, 0) is 18.2 Å². The summed E-state index contributed by atoms with van der Waals surface area (Å²) in [4.78, 5) is 11.2. The fourth-order valence-corrected chi connectivity index (χ4v) is 2.92. The van der Waals surface area contributed by atoms with Crippen molar-refractivity contribution in [2.45, 2.75) is 11.3 Å². The van der Waals surface area contributed by atoms with Crippen LogP contribution in [0.5, 0.6) is 0 Å². The molecule has 1 aliphatic heterocycles. The fraction of sp³-hybridized carbons (Fsp3) is 0.222. The molecule has 1 aromatic rings. The Kier molecular flexibility index (Phi) is 1.92. The van der Waals surface area contributed by atoms with Crippen LogP contribution in [0.3, 0.4) is 0 Å². The maximum atomic E-state index is 12.8. The van der Waals surface area contributed by atoms with Gasteiger partial charge in [0.15, 0.2) is 15.6 Å². The van der Waals surface area contributed by atoms with E-state index in [0.717, 1.165) is 18.2 Å². The summed E-state index contributed by atoms with van der Waals surface area (Å²) in [6, 6.07) is 3.18. The molecular formula is C9H7FO3S. The van der Waals surface area contributed by atoms with Gasteiger partial charge in [-0.25, -0.2) is 12.8 Å². The average molecular weight is 214 g/mol. The Bertz CT molecular complexity index is 505. The second kappa shape index (κ2) is 2.88. The molecule has 0 spiro atoms. The zero-order valence-corrected chi connectivity index (χ0v) is 7.97. The van der Waals surface area contributed by atoms with E-state index in [4.69, 9.17) is 0 Å². The summed E-state index contributed by atoms with van der Waals surface area (Å²) in [5, 5.41) is 0. The standard InChI is InChI=1S/C9H7FO3S/c10-6-1-2-9-7(5-6)8(11)3-4-14(9,12)13/h1-2,5H,3-4H2. The molecule has 0 N–H and O–H groups in total. The van der Waals surface area contributed by atoms with Crippen molar-refractivity contribution in [3.05, 3.63) is 29.6 Å². The summed E-state index contributed by atoms with van der Waals surface area (Å²) in [5.74, 6) is -1.08. The van der Waals surface area contributed by atoms with Gasteiger partial charge in [0, 0.05) is 12.0 Å². The molecule has 1 aromatic carbocycles. The van der Waals surface area contributed by atoms with Crippen LogP contribution in [-0.4, -0.2) is 20.0 Å². The van der Waals surface area contributed by atoms with E-state index >= 15 is 0 Å². The van der Waals surface area contributed by atoms with E-state index in [1.165, 1.54) is 0 Å². The van der Waals surface area contributed by atoms with Crippen LogP contribution in [0.15, 0.2) is 23.1 Å². The van der Waals surface area contributed by atoms with Crippen LogP contribution in [0.25, 0.3) is 0 Å². The molecule has 0 aliphatic carbocycles. The van der Waals surface area contributed by atoms with Gasteiger partial charge in [0.25, 0.3) is 0 Å². The minimum absolute atomic E-state index is 0.0174. The van der Waals surface area contributed by atoms with E-state index in [2.05, 4.69) is 0 Å². The molecule has 0 bridgehead atoms. The van der Waals surface area contributed by atoms with Gasteiger partial charge in [-0.15, -0.1) is 0 Å². The number of sulfone groups is 1. The molecule has 0 fully saturated rings. The van der Waals surface area contributed by atoms with Crippen LogP contribution in [0, 0.1) is 5.82 Å². The van der Waals surface area contributed by atoms with Crippen molar-refractivity contribution in [2.75, 3.05) is 5.75 Å². The summed E-state index contributed by atoms with van der Waals surface area (Å²) < 4.78 is 35.7. The van der Waals surface area contributed by atoms with E-state index in [0.29, 0.717) is 0 Å². The zero-order valence-electron chi connectivity index (χ0n) is 7.16. The van der Waals surface area contributed by atoms with Gasteiger partial charge in [-0.1, -0.05) is 0 Å². The number of halogens is 1. The largest absolute Gasteiger partial charge is 0.294 e. The molecule has 1 aliphatic rings. The molecule has 0 amide bonds. The van der Waals surface area contributed by atoms with Crippen molar-refractivity contribution in [1.82, 2.24) is 0 Å². The van der Waals surface area contributed by atoms with Gasteiger partial charge in [0.1, 0.15) is 5.82 Å². The fourth-order valence-electron chi connectivity index (χ4n) is 1.46. The van der Waals surface area contributed by atoms with Crippen molar-refractivity contribution < 1.29 is 17.6 Å². The highest BCUT2D eigenvalue weighted by Crippen LogP contribution is 2.25. The van der Waals surface area contributed by atoms with Crippen molar-refractivity contribution in [1.29, 1.82) is 0 Å². The number of rotatable bonds is 0. The van der Waals surface area contributed by atoms with Crippen molar-refractivity contribution in [3.8, 4) is 0 Å². The summed E-state index contributed by atoms with van der Waals surface area (Å²) in [6.45, 7) is 0. The first-order valence-corrected chi connectivity index (χ1v) is 5.71. The molecule has 0 saturated heterocycles. The number of benzene rings is 1. The molecule has 74 valence electrons. The first-order chi connectivity index (χ1) is 6.50. The van der Waals surface area contributed by atoms with Crippen LogP contribution in [-0.2, 0) is 9.84 Å². The van der Waals surface area contributed by atoms with E-state index in [9.17, 15) is 17.6 Å². The van der Waals surface area contributed by atoms with Gasteiger partial charge in [0.05, 0.1) is 10.6 Å². The van der Waals surface area contributed by atoms with Gasteiger partial charge in [-0.2, -0.15) is 0 Å². The predicted molar refractivity (Wildman–Crippen MR) is 47.4 cm³/mol. The lowest BCUT2D eigenvalue weighted by molar-refractivity contribution is 0.0982. The van der Waals surface area contributed by atoms with Gasteiger partial charge in [-0.3, -0.25) is 4.79 Å². The Morgan fingerprint density at radius 1 is 1.29 bits per heavy atom. The molecule has 1 heterocycles. The summed E-state index contributed by atoms with van der Waals surface area (Å²) in [6.07, 6.45) is -0.0568. The Morgan fingerprint density at radius 3 is 2.71 bits per heavy atom. The monoisotopic (exact) mass is 214 g/mol. The maximum Gasteiger partial charge on any atom is 0.179 e. The van der Waals surface area contributed by atoms with Crippen LogP contribution in [0.4, 0.5) is 4.39 Å². The number of Topliss-reactive ketones (excluding diaryl/α,β-unsaturated/α-hetero) is 1. The molecule has 14 heavy (non-hydrogen) atoms. The molecule has 0 saturated carbocycles. The molecule has 2 rings (SSSR count). The van der Waals surface area contributed by atoms with Crippen molar-refractivity contribution in [3.63, 3.8) is 0 Å². The Morgan fingerprint density at radius 2 is 2.00 bits per heavy atom. The normalized spacial score (nSPS) is 19.1. The lowest BCUT2D eigenvalue weighted by Crippen LogP contribution is -2.21. The average Bonchev–Trinajstić information content (AvgIpc) is 2.12. The number of fused-ring (bicyclic) bond motifs is 1. The Labute approximate surface area is 80.5 Å². The van der Waals surface area contributed by atoms with E-state index in [1.807, 2.05) is 0 Å². The first-order valence-electron chi connectivity index (χ1n) is 4.06. The SMILES string of the molecule is O=C1CCS(=O)(=O)c2ccc(F)cc21. The number of hydrogen-bond acceptors (Lipinski definition) is 3. The van der Waals surface area contributed by atoms with Gasteiger partial charge in [0.2, 0.25) is 0 Å². The van der Waals surface area contributed by atoms with E-state index < -0.39 is 15.7 Å². The predicted octanol–water partition coefficient (Wildman–Crippen LogP) is 1.19. The maximum absolute atomic E-state index is 12.8. The quantitative estimate of drug-likeness (QED) is 0.609. The highest BCUT2D eigenvalue weighted by Gasteiger charge is 2.28. The second-order valence-electron chi connectivity index (χ2n) is 3.13. The second-order valence-corrected chi connectivity index (χ2v) is 5.21. The third-order valence-electron chi connectivity index (χ3n) is 2.17. The van der Waals surface area contributed by atoms with Crippen molar-refractivity contribution in [2.24, 2.45) is 0 Å². The van der Waals surface area contributed by atoms with E-state index in [1.54, 1.807) is 0 Å². The van der Waals surface area contributed by atoms with Crippen LogP contribution < -0.4 is 0 Å². The van der Waals surface area contributed by atoms with Crippen LogP contribution >= 0.6 is 0 Å². The highest BCUT2D eigenvalue weighted by atomic mass is 32.2. The summed E-state index contributed by atoms with van der Waals surface area (Å²) >= 11 is 0. The third kappa shape index (κ3) is 1.33. The lowest BCUT2D eigenvalue weighted by Gasteiger charge is -2.14. The molecule has 0 aromatic heterocycles. The van der Waals surface area contributed by atoms with Crippen molar-refractivity contribution >= 4 is 15.6 Å².